The number of nitrogens with two attached hydrogens (primary N) is 1. The Labute approximate surface area is 202 Å². The number of unbranched alkanes of at least 4 members (excludes halogenated alkanes) is 1. The van der Waals surface area contributed by atoms with Gasteiger partial charge in [-0.3, -0.25) is 14.4 Å². The van der Waals surface area contributed by atoms with E-state index in [2.05, 4.69) is 5.32 Å². The molecule has 0 fully saturated rings. The van der Waals surface area contributed by atoms with Crippen LogP contribution in [0.5, 0.6) is 0 Å². The molecule has 0 radical (unpaired) electrons. The highest BCUT2D eigenvalue weighted by atomic mass is 16.6. The second-order valence-corrected chi connectivity index (χ2v) is 9.98. The van der Waals surface area contributed by atoms with Gasteiger partial charge in [-0.25, -0.2) is 4.79 Å². The Morgan fingerprint density at radius 2 is 1.38 bits per heavy atom. The number of carbonyl (C=O) groups is 5. The number of ketones is 1. The number of nitrogens with one attached hydrogen (secondary N) is 1. The molecule has 0 aromatic heterocycles. The molecule has 196 valence electrons. The van der Waals surface area contributed by atoms with Crippen LogP contribution in [0.3, 0.4) is 0 Å². The number of aliphatic carboxylic acids is 1. The Bertz CT molecular complexity index is 707. The smallest absolute Gasteiger partial charge is 0.328 e. The van der Waals surface area contributed by atoms with Gasteiger partial charge in [0.1, 0.15) is 36.5 Å². The van der Waals surface area contributed by atoms with Gasteiger partial charge in [-0.05, 0) is 51.4 Å². The van der Waals surface area contributed by atoms with Crippen molar-refractivity contribution in [3.63, 3.8) is 0 Å². The van der Waals surface area contributed by atoms with Gasteiger partial charge in [0.25, 0.3) is 0 Å². The summed E-state index contributed by atoms with van der Waals surface area (Å²) in [6.45, 7) is 9.27. The second-order valence-electron chi connectivity index (χ2n) is 9.98. The first-order valence-corrected chi connectivity index (χ1v) is 11.8. The van der Waals surface area contributed by atoms with Gasteiger partial charge >= 0.3 is 17.9 Å². The molecule has 10 heteroatoms. The lowest BCUT2D eigenvalue weighted by atomic mass is 9.93. The van der Waals surface area contributed by atoms with E-state index in [-0.39, 0.29) is 29.9 Å². The number of esters is 2. The van der Waals surface area contributed by atoms with Gasteiger partial charge in [-0.1, -0.05) is 27.7 Å². The Kier molecular flexibility index (Phi) is 14.3. The van der Waals surface area contributed by atoms with Crippen LogP contribution in [0.4, 0.5) is 0 Å². The average Bonchev–Trinajstić information content (AvgIpc) is 2.71. The van der Waals surface area contributed by atoms with E-state index < -0.39 is 48.6 Å². The number of hydrogen-bond acceptors (Lipinski definition) is 8. The summed E-state index contributed by atoms with van der Waals surface area (Å²) in [6, 6.07) is -1.82. The zero-order valence-corrected chi connectivity index (χ0v) is 21.3. The van der Waals surface area contributed by atoms with Crippen LogP contribution in [-0.4, -0.2) is 60.0 Å². The number of amides is 1. The summed E-state index contributed by atoms with van der Waals surface area (Å²) in [5.74, 6) is -2.86. The van der Waals surface area contributed by atoms with Gasteiger partial charge < -0.3 is 30.4 Å². The molecule has 0 saturated heterocycles. The largest absolute Gasteiger partial charge is 0.481 e. The molecule has 0 aromatic rings. The number of ether oxygens (including phenoxy) is 2. The molecule has 0 aliphatic rings. The Morgan fingerprint density at radius 1 is 0.882 bits per heavy atom. The van der Waals surface area contributed by atoms with Crippen LogP contribution >= 0.6 is 0 Å². The first-order valence-electron chi connectivity index (χ1n) is 11.8. The highest BCUT2D eigenvalue weighted by molar-refractivity contribution is 5.85. The number of hydrogen-bond donors (Lipinski definition) is 3. The van der Waals surface area contributed by atoms with E-state index >= 15 is 0 Å². The molecule has 1 amide bonds. The van der Waals surface area contributed by atoms with Gasteiger partial charge in [0.15, 0.2) is 0 Å². The van der Waals surface area contributed by atoms with Crippen molar-refractivity contribution in [3.8, 4) is 0 Å². The normalized spacial score (nSPS) is 14.7. The molecule has 0 aliphatic carbocycles. The summed E-state index contributed by atoms with van der Waals surface area (Å²) in [4.78, 5) is 59.8. The summed E-state index contributed by atoms with van der Waals surface area (Å²) >= 11 is 0. The molecule has 0 aromatic carbocycles. The topological polar surface area (TPSA) is 162 Å². The number of carboxylic acid groups (broad SMARTS) is 1. The number of rotatable bonds is 17. The summed E-state index contributed by atoms with van der Waals surface area (Å²) in [5.41, 5.74) is 4.09. The molecule has 34 heavy (non-hydrogen) atoms. The lowest BCUT2D eigenvalue weighted by Gasteiger charge is -2.26. The first kappa shape index (κ1) is 31.5. The van der Waals surface area contributed by atoms with Crippen LogP contribution in [0.15, 0.2) is 0 Å². The molecule has 0 rings (SSSR count). The van der Waals surface area contributed by atoms with Crippen LogP contribution in [0.2, 0.25) is 0 Å². The minimum absolute atomic E-state index is 0.0516. The van der Waals surface area contributed by atoms with Gasteiger partial charge in [-0.15, -0.1) is 0 Å². The fourth-order valence-corrected chi connectivity index (χ4v) is 3.05. The maximum Gasteiger partial charge on any atom is 0.328 e. The standard InChI is InChI=1S/C24H42N2O8/c1-15(2)11-18(25)21(29)33-13-24(6,23(31)32)14-34-22(30)19(12-16(3)4)26-20(28)10-8-7-9-17(5)27/h15-16,18-19H,7-14,25H2,1-6H3,(H,26,28)(H,31,32). The molecular formula is C24H42N2O8. The molecule has 10 nitrogen and oxygen atoms in total. The number of Topliss-reactive ketones (excluding diaryl/α,β-unsaturated/α-hetero) is 1. The monoisotopic (exact) mass is 486 g/mol. The van der Waals surface area contributed by atoms with Gasteiger partial charge in [0, 0.05) is 12.8 Å². The number of carboxylic acids is 1. The van der Waals surface area contributed by atoms with E-state index in [0.29, 0.717) is 32.1 Å². The molecule has 0 saturated carbocycles. The van der Waals surface area contributed by atoms with Crippen molar-refractivity contribution in [3.05, 3.63) is 0 Å². The Balaban J connectivity index is 4.98. The van der Waals surface area contributed by atoms with Crippen molar-refractivity contribution in [2.75, 3.05) is 13.2 Å². The third-order valence-corrected chi connectivity index (χ3v) is 5.12. The van der Waals surface area contributed by atoms with Crippen molar-refractivity contribution in [1.29, 1.82) is 0 Å². The quantitative estimate of drug-likeness (QED) is 0.207. The van der Waals surface area contributed by atoms with Crippen LogP contribution < -0.4 is 11.1 Å². The van der Waals surface area contributed by atoms with Crippen molar-refractivity contribution in [2.45, 2.75) is 92.2 Å². The minimum Gasteiger partial charge on any atom is -0.481 e. The van der Waals surface area contributed by atoms with Gasteiger partial charge in [0.05, 0.1) is 0 Å². The highest BCUT2D eigenvalue weighted by Gasteiger charge is 2.38. The van der Waals surface area contributed by atoms with Crippen molar-refractivity contribution in [2.24, 2.45) is 23.0 Å². The van der Waals surface area contributed by atoms with Crippen LogP contribution in [0.25, 0.3) is 0 Å². The molecule has 0 bridgehead atoms. The van der Waals surface area contributed by atoms with Crippen LogP contribution in [-0.2, 0) is 33.4 Å². The zero-order chi connectivity index (χ0) is 26.5. The highest BCUT2D eigenvalue weighted by Crippen LogP contribution is 2.20. The SMILES string of the molecule is CC(=O)CCCCC(=O)NC(CC(C)C)C(=O)OCC(C)(COC(=O)C(N)CC(C)C)C(=O)O. The van der Waals surface area contributed by atoms with E-state index in [1.807, 2.05) is 27.7 Å². The summed E-state index contributed by atoms with van der Waals surface area (Å²) in [7, 11) is 0. The lowest BCUT2D eigenvalue weighted by Crippen LogP contribution is -2.46. The maximum absolute atomic E-state index is 12.7. The average molecular weight is 487 g/mol. The molecular weight excluding hydrogens is 444 g/mol. The zero-order valence-electron chi connectivity index (χ0n) is 21.3. The van der Waals surface area contributed by atoms with Crippen LogP contribution in [0.1, 0.15) is 80.1 Å². The summed E-state index contributed by atoms with van der Waals surface area (Å²) < 4.78 is 10.3. The third kappa shape index (κ3) is 13.3. The van der Waals surface area contributed by atoms with Crippen molar-refractivity contribution < 1.29 is 38.6 Å². The molecule has 0 heterocycles. The molecule has 4 N–H and O–H groups in total. The fraction of sp³-hybridized carbons (Fsp3) is 0.792. The van der Waals surface area contributed by atoms with E-state index in [4.69, 9.17) is 15.2 Å². The maximum atomic E-state index is 12.7. The van der Waals surface area contributed by atoms with Gasteiger partial charge in [-0.2, -0.15) is 0 Å². The van der Waals surface area contributed by atoms with Gasteiger partial charge in [0.2, 0.25) is 5.91 Å². The van der Waals surface area contributed by atoms with E-state index in [1.54, 1.807) is 0 Å². The summed E-state index contributed by atoms with van der Waals surface area (Å²) in [6.07, 6.45) is 2.35. The fourth-order valence-electron chi connectivity index (χ4n) is 3.05. The first-order chi connectivity index (χ1) is 15.7. The minimum atomic E-state index is -1.68. The van der Waals surface area contributed by atoms with E-state index in [9.17, 15) is 29.1 Å². The summed E-state index contributed by atoms with van der Waals surface area (Å²) in [5, 5.41) is 12.3. The molecule has 0 aliphatic heterocycles. The second kappa shape index (κ2) is 15.4. The third-order valence-electron chi connectivity index (χ3n) is 5.12. The molecule has 3 atom stereocenters. The number of carbonyl (C=O) groups excluding carboxylic acids is 4. The van der Waals surface area contributed by atoms with E-state index in [0.717, 1.165) is 0 Å². The van der Waals surface area contributed by atoms with E-state index in [1.165, 1.54) is 13.8 Å². The van der Waals surface area contributed by atoms with Crippen molar-refractivity contribution in [1.82, 2.24) is 5.32 Å². The molecule has 0 spiro atoms. The Hall–Kier alpha value is -2.49. The molecule has 3 unspecified atom stereocenters. The predicted molar refractivity (Wildman–Crippen MR) is 126 cm³/mol. The lowest BCUT2D eigenvalue weighted by molar-refractivity contribution is -0.167. The van der Waals surface area contributed by atoms with Crippen LogP contribution in [0, 0.1) is 17.3 Å². The Morgan fingerprint density at radius 3 is 1.85 bits per heavy atom. The van der Waals surface area contributed by atoms with Crippen molar-refractivity contribution >= 4 is 29.6 Å². The predicted octanol–water partition coefficient (Wildman–Crippen LogP) is 2.22.